The van der Waals surface area contributed by atoms with Gasteiger partial charge < -0.3 is 37.4 Å². The fourth-order valence-corrected chi connectivity index (χ4v) is 9.70. The number of hydrogen-bond acceptors (Lipinski definition) is 9. The quantitative estimate of drug-likeness (QED) is 0.0494. The van der Waals surface area contributed by atoms with Crippen LogP contribution in [-0.2, 0) is 35.9 Å². The summed E-state index contributed by atoms with van der Waals surface area (Å²) < 4.78 is 0. The van der Waals surface area contributed by atoms with Gasteiger partial charge in [0.2, 0.25) is 5.91 Å². The maximum atomic E-state index is 12.2. The van der Waals surface area contributed by atoms with E-state index in [1.54, 1.807) is 19.1 Å². The van der Waals surface area contributed by atoms with Crippen LogP contribution in [-0.4, -0.2) is 89.6 Å². The molecule has 13 nitrogen and oxygen atoms in total. The third-order valence-electron chi connectivity index (χ3n) is 13.9. The zero-order chi connectivity index (χ0) is 55.4. The number of halogens is 2. The lowest BCUT2D eigenvalue weighted by Crippen LogP contribution is -2.49. The standard InChI is InChI=1S/C14H22N2O.C13H16ClNO.C13H18O2.C10H12ClNO2.C9H17NO2/c1-5-16(6-2)10-13(17)15-14-11(3)8-7-9-12(14)4;1-15-13(9-5-4-8-12(13)16)10-6-2-3-7-11(10)14;1-9(2)8-11-4-6-12(7-5-11)10(3)13(14)15;11-9-3-1-7(2-4-9)8(6-12)5-10(13)14;10-7-9(6-8(11)12)4-2-1-3-5-9/h7-9H,5-6,10H2,1-4H3,(H,15,17);2-3,6-7,15H,4-5,8-9H2,1H3;4-7,9-10H,8H2,1-3H3,(H,14,15);1-4,8H,5-6,12H2,(H,13,14);1-7,10H2,(H,11,12). The number of nitrogens with zero attached hydrogens (tertiary/aromatic N) is 1. The van der Waals surface area contributed by atoms with Gasteiger partial charge in [0.15, 0.2) is 5.78 Å². The van der Waals surface area contributed by atoms with Gasteiger partial charge in [-0.2, -0.15) is 0 Å². The minimum absolute atomic E-state index is 0.0537. The summed E-state index contributed by atoms with van der Waals surface area (Å²) in [5.74, 6) is -1.92. The minimum Gasteiger partial charge on any atom is -0.481 e. The van der Waals surface area contributed by atoms with Crippen molar-refractivity contribution in [2.45, 2.75) is 143 Å². The highest BCUT2D eigenvalue weighted by molar-refractivity contribution is 6.31. The molecule has 4 aromatic carbocycles. The number of aryl methyl sites for hydroxylation is 2. The van der Waals surface area contributed by atoms with E-state index in [1.165, 1.54) is 12.0 Å². The number of aliphatic carboxylic acids is 3. The fraction of sp³-hybridized carbons (Fsp3) is 0.508. The first-order valence-electron chi connectivity index (χ1n) is 26.1. The second kappa shape index (κ2) is 33.7. The van der Waals surface area contributed by atoms with Crippen LogP contribution in [0.3, 0.4) is 0 Å². The Morgan fingerprint density at radius 2 is 1.30 bits per heavy atom. The summed E-state index contributed by atoms with van der Waals surface area (Å²) >= 11 is 11.9. The van der Waals surface area contributed by atoms with Gasteiger partial charge in [-0.05, 0) is 149 Å². The van der Waals surface area contributed by atoms with Gasteiger partial charge in [-0.1, -0.05) is 149 Å². The van der Waals surface area contributed by atoms with Crippen molar-refractivity contribution in [1.82, 2.24) is 10.2 Å². The van der Waals surface area contributed by atoms with Gasteiger partial charge in [0.25, 0.3) is 0 Å². The number of benzene rings is 4. The lowest BCUT2D eigenvalue weighted by Gasteiger charge is -2.36. The van der Waals surface area contributed by atoms with Crippen LogP contribution in [0.5, 0.6) is 0 Å². The molecule has 0 aliphatic heterocycles. The van der Waals surface area contributed by atoms with Gasteiger partial charge in [-0.25, -0.2) is 0 Å². The number of carboxylic acid groups (broad SMARTS) is 3. The molecule has 9 N–H and O–H groups in total. The summed E-state index contributed by atoms with van der Waals surface area (Å²) in [5, 5.41) is 33.7. The largest absolute Gasteiger partial charge is 0.481 e. The summed E-state index contributed by atoms with van der Waals surface area (Å²) in [6.07, 6.45) is 10.4. The van der Waals surface area contributed by atoms with Gasteiger partial charge in [0.05, 0.1) is 25.3 Å². The molecule has 0 aromatic heterocycles. The number of likely N-dealkylation sites (N-methyl/N-ethyl adjacent to an activating group) is 2. The molecule has 2 fully saturated rings. The monoisotopic (exact) mass is 1060 g/mol. The number of carboxylic acids is 3. The first-order chi connectivity index (χ1) is 35.1. The van der Waals surface area contributed by atoms with Crippen LogP contribution in [0.15, 0.2) is 91.0 Å². The average Bonchev–Trinajstić information content (AvgIpc) is 3.37. The van der Waals surface area contributed by atoms with Crippen molar-refractivity contribution in [1.29, 1.82) is 0 Å². The molecule has 0 bridgehead atoms. The number of rotatable bonds is 18. The molecule has 6 rings (SSSR count). The predicted octanol–water partition coefficient (Wildman–Crippen LogP) is 11.8. The summed E-state index contributed by atoms with van der Waals surface area (Å²) in [4.78, 5) is 58.0. The Morgan fingerprint density at radius 1 is 0.730 bits per heavy atom. The maximum Gasteiger partial charge on any atom is 0.310 e. The Balaban J connectivity index is 0.000000318. The number of ketones is 1. The Morgan fingerprint density at radius 3 is 1.77 bits per heavy atom. The molecule has 2 aliphatic carbocycles. The van der Waals surface area contributed by atoms with Crippen molar-refractivity contribution in [2.75, 3.05) is 45.1 Å². The highest BCUT2D eigenvalue weighted by Gasteiger charge is 2.41. The van der Waals surface area contributed by atoms with Gasteiger partial charge in [0.1, 0.15) is 5.54 Å². The normalized spacial score (nSPS) is 16.5. The van der Waals surface area contributed by atoms with Crippen LogP contribution in [0, 0.1) is 25.2 Å². The molecule has 2 aliphatic rings. The number of anilines is 1. The minimum atomic E-state index is -0.838. The molecule has 0 saturated heterocycles. The van der Waals surface area contributed by atoms with Gasteiger partial charge in [-0.15, -0.1) is 0 Å². The third-order valence-corrected chi connectivity index (χ3v) is 14.4. The van der Waals surface area contributed by atoms with E-state index in [0.717, 1.165) is 98.0 Å². The van der Waals surface area contributed by atoms with Gasteiger partial charge >= 0.3 is 17.9 Å². The van der Waals surface area contributed by atoms with Gasteiger partial charge in [0, 0.05) is 28.1 Å². The molecule has 4 aromatic rings. The SMILES string of the molecule is CC(C)Cc1ccc(C(C)C(=O)O)cc1.CCN(CC)CC(=O)Nc1c(C)cccc1C.CNC1(c2ccccc2Cl)CCCCC1=O.NCC(CC(=O)O)c1ccc(Cl)cc1.NCC1(CC(=O)O)CCCCC1. The number of carbonyl (C=O) groups excluding carboxylic acids is 2. The average molecular weight is 1060 g/mol. The molecule has 0 radical (unpaired) electrons. The molecule has 3 atom stereocenters. The zero-order valence-corrected chi connectivity index (χ0v) is 46.7. The number of nitrogens with one attached hydrogen (secondary N) is 2. The predicted molar refractivity (Wildman–Crippen MR) is 301 cm³/mol. The molecular formula is C59H85Cl2N5O8. The lowest BCUT2D eigenvalue weighted by atomic mass is 9.72. The van der Waals surface area contributed by atoms with Crippen LogP contribution < -0.4 is 22.1 Å². The van der Waals surface area contributed by atoms with Gasteiger partial charge in [-0.3, -0.25) is 28.9 Å². The van der Waals surface area contributed by atoms with E-state index in [9.17, 15) is 24.0 Å². The van der Waals surface area contributed by atoms with Crippen molar-refractivity contribution in [2.24, 2.45) is 22.8 Å². The lowest BCUT2D eigenvalue weighted by molar-refractivity contribution is -0.140. The molecule has 2 saturated carbocycles. The summed E-state index contributed by atoms with van der Waals surface area (Å²) in [5.41, 5.74) is 17.6. The summed E-state index contributed by atoms with van der Waals surface area (Å²) in [6.45, 7) is 17.3. The first-order valence-corrected chi connectivity index (χ1v) is 26.8. The maximum absolute atomic E-state index is 12.2. The molecule has 408 valence electrons. The van der Waals surface area contributed by atoms with Crippen molar-refractivity contribution in [3.05, 3.63) is 134 Å². The van der Waals surface area contributed by atoms with Crippen LogP contribution in [0.25, 0.3) is 0 Å². The first kappa shape index (κ1) is 65.0. The second-order valence-electron chi connectivity index (χ2n) is 19.9. The zero-order valence-electron chi connectivity index (χ0n) is 45.2. The van der Waals surface area contributed by atoms with Crippen molar-refractivity contribution < 1.29 is 39.3 Å². The van der Waals surface area contributed by atoms with E-state index in [-0.39, 0.29) is 35.9 Å². The number of Topliss-reactive ketones (excluding diaryl/α,β-unsaturated/α-hetero) is 1. The Labute approximate surface area is 451 Å². The third kappa shape index (κ3) is 22.0. The highest BCUT2D eigenvalue weighted by Crippen LogP contribution is 2.39. The Bertz CT molecular complexity index is 2320. The van der Waals surface area contributed by atoms with E-state index in [2.05, 4.69) is 43.2 Å². The van der Waals surface area contributed by atoms with Crippen LogP contribution in [0.4, 0.5) is 5.69 Å². The van der Waals surface area contributed by atoms with Crippen LogP contribution in [0.1, 0.15) is 150 Å². The van der Waals surface area contributed by atoms with Crippen LogP contribution >= 0.6 is 23.2 Å². The number of hydrogen-bond donors (Lipinski definition) is 7. The Hall–Kier alpha value is -5.15. The number of carbonyl (C=O) groups is 5. The van der Waals surface area contributed by atoms with Crippen molar-refractivity contribution in [3.8, 4) is 0 Å². The molecule has 3 unspecified atom stereocenters. The summed E-state index contributed by atoms with van der Waals surface area (Å²) in [7, 11) is 1.84. The molecular weight excluding hydrogens is 978 g/mol. The fourth-order valence-electron chi connectivity index (χ4n) is 9.28. The molecule has 0 spiro atoms. The topological polar surface area (TPSA) is 225 Å². The number of para-hydroxylation sites is 1. The molecule has 1 amide bonds. The highest BCUT2D eigenvalue weighted by atomic mass is 35.5. The summed E-state index contributed by atoms with van der Waals surface area (Å²) in [6, 6.07) is 28.6. The van der Waals surface area contributed by atoms with E-state index >= 15 is 0 Å². The second-order valence-corrected chi connectivity index (χ2v) is 20.7. The molecule has 0 heterocycles. The van der Waals surface area contributed by atoms with Crippen LogP contribution in [0.2, 0.25) is 10.0 Å². The van der Waals surface area contributed by atoms with Crippen molar-refractivity contribution in [3.63, 3.8) is 0 Å². The van der Waals surface area contributed by atoms with E-state index < -0.39 is 29.4 Å². The van der Waals surface area contributed by atoms with E-state index in [0.29, 0.717) is 42.0 Å². The smallest absolute Gasteiger partial charge is 0.310 e. The number of nitrogens with two attached hydrogens (primary N) is 2. The number of amides is 1. The van der Waals surface area contributed by atoms with Crippen molar-refractivity contribution >= 4 is 58.5 Å². The molecule has 15 heteroatoms. The van der Waals surface area contributed by atoms with E-state index in [1.807, 2.05) is 99.8 Å². The Kier molecular flexibility index (Phi) is 29.6. The van der Waals surface area contributed by atoms with E-state index in [4.69, 9.17) is 50.0 Å². The molecule has 74 heavy (non-hydrogen) atoms.